The predicted octanol–water partition coefficient (Wildman–Crippen LogP) is 5.90. The van der Waals surface area contributed by atoms with Crippen molar-refractivity contribution >= 4 is 0 Å². The highest BCUT2D eigenvalue weighted by Crippen LogP contribution is 2.31. The first-order valence-corrected chi connectivity index (χ1v) is 8.69. The van der Waals surface area contributed by atoms with Gasteiger partial charge in [0.2, 0.25) is 0 Å². The van der Waals surface area contributed by atoms with Crippen LogP contribution in [-0.2, 0) is 6.42 Å². The van der Waals surface area contributed by atoms with Crippen LogP contribution < -0.4 is 0 Å². The van der Waals surface area contributed by atoms with E-state index >= 15 is 0 Å². The van der Waals surface area contributed by atoms with Gasteiger partial charge in [0, 0.05) is 0 Å². The minimum Gasteiger partial charge on any atom is -0.206 e. The second-order valence-corrected chi connectivity index (χ2v) is 6.37. The van der Waals surface area contributed by atoms with Crippen LogP contribution in [0.4, 0.5) is 4.39 Å². The van der Waals surface area contributed by atoms with Crippen LogP contribution in [-0.4, -0.2) is 0 Å². The zero-order valence-corrected chi connectivity index (χ0v) is 13.9. The van der Waals surface area contributed by atoms with Crippen molar-refractivity contribution in [2.24, 2.45) is 11.8 Å². The summed E-state index contributed by atoms with van der Waals surface area (Å²) in [5.41, 5.74) is 1.51. The fourth-order valence-electron chi connectivity index (χ4n) is 3.26. The highest BCUT2D eigenvalue weighted by atomic mass is 19.1. The molecule has 1 aliphatic rings. The minimum atomic E-state index is -0.208. The van der Waals surface area contributed by atoms with Crippen molar-refractivity contribution in [2.75, 3.05) is 0 Å². The number of hydrogen-bond donors (Lipinski definition) is 0. The van der Waals surface area contributed by atoms with E-state index in [1.54, 1.807) is 12.1 Å². The lowest BCUT2D eigenvalue weighted by atomic mass is 9.80. The molecule has 118 valence electrons. The van der Waals surface area contributed by atoms with Gasteiger partial charge in [-0.05, 0) is 67.7 Å². The van der Waals surface area contributed by atoms with Crippen molar-refractivity contribution in [1.29, 1.82) is 0 Å². The molecule has 1 aromatic rings. The SMILES string of the molecule is CCCC1CCC(/C=C/C#Cc2ccc(CC)cc2F)CC1. The second-order valence-electron chi connectivity index (χ2n) is 6.37. The predicted molar refractivity (Wildman–Crippen MR) is 92.2 cm³/mol. The van der Waals surface area contributed by atoms with Gasteiger partial charge in [0.25, 0.3) is 0 Å². The summed E-state index contributed by atoms with van der Waals surface area (Å²) in [5, 5.41) is 0. The van der Waals surface area contributed by atoms with Crippen molar-refractivity contribution in [3.8, 4) is 11.8 Å². The van der Waals surface area contributed by atoms with Crippen LogP contribution in [0.2, 0.25) is 0 Å². The standard InChI is InChI=1S/C21H27F/c1-3-7-18-10-12-19(13-11-18)8-5-6-9-20-15-14-17(4-2)16-21(20)22/h5,8,14-16,18-19H,3-4,7,10-13H2,1-2H3/b8-5+. The summed E-state index contributed by atoms with van der Waals surface area (Å²) in [6.45, 7) is 4.30. The van der Waals surface area contributed by atoms with E-state index in [2.05, 4.69) is 24.8 Å². The number of benzene rings is 1. The molecular weight excluding hydrogens is 271 g/mol. The van der Waals surface area contributed by atoms with Gasteiger partial charge in [-0.1, -0.05) is 50.7 Å². The fourth-order valence-corrected chi connectivity index (χ4v) is 3.26. The summed E-state index contributed by atoms with van der Waals surface area (Å²) in [6, 6.07) is 5.32. The topological polar surface area (TPSA) is 0 Å². The molecule has 0 nitrogen and oxygen atoms in total. The smallest absolute Gasteiger partial charge is 0.139 e. The van der Waals surface area contributed by atoms with E-state index in [-0.39, 0.29) is 5.82 Å². The highest BCUT2D eigenvalue weighted by Gasteiger charge is 2.18. The third kappa shape index (κ3) is 5.02. The molecule has 0 heterocycles. The number of rotatable bonds is 4. The third-order valence-electron chi connectivity index (χ3n) is 4.69. The molecule has 0 radical (unpaired) electrons. The van der Waals surface area contributed by atoms with Crippen molar-refractivity contribution in [1.82, 2.24) is 0 Å². The summed E-state index contributed by atoms with van der Waals surface area (Å²) in [4.78, 5) is 0. The maximum atomic E-state index is 13.8. The molecule has 0 atom stereocenters. The Morgan fingerprint density at radius 1 is 1.18 bits per heavy atom. The van der Waals surface area contributed by atoms with E-state index in [0.717, 1.165) is 17.9 Å². The number of hydrogen-bond acceptors (Lipinski definition) is 0. The average Bonchev–Trinajstić information content (AvgIpc) is 2.54. The van der Waals surface area contributed by atoms with Crippen LogP contribution in [0.15, 0.2) is 30.4 Å². The normalized spacial score (nSPS) is 21.6. The molecule has 0 saturated heterocycles. The Morgan fingerprint density at radius 3 is 2.59 bits per heavy atom. The monoisotopic (exact) mass is 298 g/mol. The number of aryl methyl sites for hydroxylation is 1. The van der Waals surface area contributed by atoms with Gasteiger partial charge in [-0.15, -0.1) is 0 Å². The summed E-state index contributed by atoms with van der Waals surface area (Å²) < 4.78 is 13.8. The van der Waals surface area contributed by atoms with Gasteiger partial charge >= 0.3 is 0 Å². The maximum Gasteiger partial charge on any atom is 0.139 e. The first-order valence-electron chi connectivity index (χ1n) is 8.69. The molecule has 2 rings (SSSR count). The van der Waals surface area contributed by atoms with E-state index < -0.39 is 0 Å². The van der Waals surface area contributed by atoms with E-state index in [4.69, 9.17) is 0 Å². The maximum absolute atomic E-state index is 13.8. The molecular formula is C21H27F. The zero-order valence-electron chi connectivity index (χ0n) is 13.9. The van der Waals surface area contributed by atoms with Crippen LogP contribution in [0, 0.1) is 29.5 Å². The van der Waals surface area contributed by atoms with Crippen molar-refractivity contribution in [2.45, 2.75) is 58.8 Å². The highest BCUT2D eigenvalue weighted by molar-refractivity contribution is 5.39. The number of allylic oxidation sites excluding steroid dienone is 2. The van der Waals surface area contributed by atoms with Gasteiger partial charge in [-0.2, -0.15) is 0 Å². The molecule has 0 spiro atoms. The Bertz CT molecular complexity index is 551. The lowest BCUT2D eigenvalue weighted by Crippen LogP contribution is -2.12. The summed E-state index contributed by atoms with van der Waals surface area (Å²) in [6.07, 6.45) is 12.9. The van der Waals surface area contributed by atoms with Crippen LogP contribution in [0.1, 0.15) is 63.5 Å². The molecule has 1 aliphatic carbocycles. The third-order valence-corrected chi connectivity index (χ3v) is 4.69. The summed E-state index contributed by atoms with van der Waals surface area (Å²) >= 11 is 0. The lowest BCUT2D eigenvalue weighted by Gasteiger charge is -2.26. The first-order chi connectivity index (χ1) is 10.7. The lowest BCUT2D eigenvalue weighted by molar-refractivity contribution is 0.294. The average molecular weight is 298 g/mol. The van der Waals surface area contributed by atoms with E-state index in [1.165, 1.54) is 38.5 Å². The molecule has 1 heteroatoms. The Kier molecular flexibility index (Phi) is 6.72. The molecule has 1 saturated carbocycles. The van der Waals surface area contributed by atoms with Crippen LogP contribution in [0.25, 0.3) is 0 Å². The Balaban J connectivity index is 1.86. The Hall–Kier alpha value is -1.55. The van der Waals surface area contributed by atoms with Crippen molar-refractivity contribution in [3.63, 3.8) is 0 Å². The van der Waals surface area contributed by atoms with E-state index in [0.29, 0.717) is 11.5 Å². The zero-order chi connectivity index (χ0) is 15.8. The minimum absolute atomic E-state index is 0.208. The van der Waals surface area contributed by atoms with Gasteiger partial charge in [-0.25, -0.2) is 4.39 Å². The summed E-state index contributed by atoms with van der Waals surface area (Å²) in [5.74, 6) is 7.30. The molecule has 0 amide bonds. The van der Waals surface area contributed by atoms with Crippen LogP contribution in [0.5, 0.6) is 0 Å². The molecule has 0 unspecified atom stereocenters. The van der Waals surface area contributed by atoms with E-state index in [1.807, 2.05) is 19.1 Å². The van der Waals surface area contributed by atoms with E-state index in [9.17, 15) is 4.39 Å². The van der Waals surface area contributed by atoms with Crippen molar-refractivity contribution < 1.29 is 4.39 Å². The van der Waals surface area contributed by atoms with Crippen molar-refractivity contribution in [3.05, 3.63) is 47.3 Å². The second kappa shape index (κ2) is 8.79. The fraction of sp³-hybridized carbons (Fsp3) is 0.524. The van der Waals surface area contributed by atoms with Gasteiger partial charge in [0.05, 0.1) is 5.56 Å². The molecule has 0 aliphatic heterocycles. The Morgan fingerprint density at radius 2 is 1.95 bits per heavy atom. The molecule has 22 heavy (non-hydrogen) atoms. The molecule has 0 N–H and O–H groups in total. The van der Waals surface area contributed by atoms with Crippen LogP contribution in [0.3, 0.4) is 0 Å². The summed E-state index contributed by atoms with van der Waals surface area (Å²) in [7, 11) is 0. The van der Waals surface area contributed by atoms with Crippen LogP contribution >= 0.6 is 0 Å². The van der Waals surface area contributed by atoms with Gasteiger partial charge < -0.3 is 0 Å². The molecule has 0 aromatic heterocycles. The Labute approximate surface area is 134 Å². The molecule has 1 aromatic carbocycles. The first kappa shape index (κ1) is 16.8. The molecule has 1 fully saturated rings. The number of halogens is 1. The largest absolute Gasteiger partial charge is 0.206 e. The quantitative estimate of drug-likeness (QED) is 0.607. The van der Waals surface area contributed by atoms with Gasteiger partial charge in [0.1, 0.15) is 5.82 Å². The van der Waals surface area contributed by atoms with Gasteiger partial charge in [-0.3, -0.25) is 0 Å². The van der Waals surface area contributed by atoms with Gasteiger partial charge in [0.15, 0.2) is 0 Å². The molecule has 0 bridgehead atoms.